The van der Waals surface area contributed by atoms with Crippen LogP contribution in [0.5, 0.6) is 0 Å². The molecular weight excluding hydrogens is 450 g/mol. The van der Waals surface area contributed by atoms with E-state index in [1.54, 1.807) is 0 Å². The molecule has 0 aromatic rings. The van der Waals surface area contributed by atoms with E-state index < -0.39 is 73.9 Å². The summed E-state index contributed by atoms with van der Waals surface area (Å²) >= 11 is 0. The predicted octanol–water partition coefficient (Wildman–Crippen LogP) is 7.01. The van der Waals surface area contributed by atoms with Crippen molar-refractivity contribution in [3.8, 4) is 0 Å². The van der Waals surface area contributed by atoms with Crippen molar-refractivity contribution in [2.75, 3.05) is 0 Å². The van der Waals surface area contributed by atoms with Gasteiger partial charge in [-0.2, -0.15) is 61.5 Å². The van der Waals surface area contributed by atoms with Gasteiger partial charge in [0.1, 0.15) is 12.2 Å². The molecule has 0 bridgehead atoms. The van der Waals surface area contributed by atoms with E-state index in [4.69, 9.17) is 0 Å². The second kappa shape index (κ2) is 8.61. The van der Waals surface area contributed by atoms with Gasteiger partial charge < -0.3 is 4.74 Å². The minimum absolute atomic E-state index is 0.672. The van der Waals surface area contributed by atoms with Gasteiger partial charge in [0.25, 0.3) is 0 Å². The number of ether oxygens (including phenoxy) is 1. The summed E-state index contributed by atoms with van der Waals surface area (Å²) in [5.41, 5.74) is 0. The molecule has 0 radical (unpaired) electrons. The molecule has 0 aromatic heterocycles. The number of halogens is 14. The average molecular weight is 466 g/mol. The molecule has 0 aliphatic heterocycles. The lowest BCUT2D eigenvalue weighted by Gasteiger charge is -2.39. The first-order chi connectivity index (χ1) is 12.6. The van der Waals surface area contributed by atoms with Crippen molar-refractivity contribution in [1.82, 2.24) is 0 Å². The summed E-state index contributed by atoms with van der Waals surface area (Å²) in [6, 6.07) is 0. The zero-order valence-electron chi connectivity index (χ0n) is 14.7. The van der Waals surface area contributed by atoms with Crippen LogP contribution in [0.4, 0.5) is 61.5 Å². The van der Waals surface area contributed by atoms with Crippen LogP contribution in [-0.2, 0) is 4.74 Å². The van der Waals surface area contributed by atoms with Crippen LogP contribution in [0.15, 0.2) is 0 Å². The van der Waals surface area contributed by atoms with E-state index in [1.807, 2.05) is 0 Å². The van der Waals surface area contributed by atoms with Gasteiger partial charge in [0.2, 0.25) is 0 Å². The van der Waals surface area contributed by atoms with Crippen LogP contribution in [0, 0.1) is 0 Å². The predicted molar refractivity (Wildman–Crippen MR) is 70.4 cm³/mol. The smallest absolute Gasteiger partial charge is 0.362 e. The fourth-order valence-corrected chi connectivity index (χ4v) is 2.17. The van der Waals surface area contributed by atoms with Crippen molar-refractivity contribution in [3.63, 3.8) is 0 Å². The third-order valence-electron chi connectivity index (χ3n) is 3.79. The molecule has 176 valence electrons. The second-order valence-electron chi connectivity index (χ2n) is 6.08. The molecule has 0 saturated heterocycles. The van der Waals surface area contributed by atoms with Crippen LogP contribution in [0.1, 0.15) is 39.5 Å². The lowest BCUT2D eigenvalue weighted by Crippen LogP contribution is -2.62. The Labute approximate surface area is 155 Å². The highest BCUT2D eigenvalue weighted by atomic mass is 19.4. The maximum Gasteiger partial charge on any atom is 0.459 e. The van der Waals surface area contributed by atoms with Gasteiger partial charge in [-0.25, -0.2) is 0 Å². The normalized spacial score (nSPS) is 17.4. The van der Waals surface area contributed by atoms with Gasteiger partial charge >= 0.3 is 36.0 Å². The molecule has 0 spiro atoms. The Morgan fingerprint density at radius 3 is 0.931 bits per heavy atom. The second-order valence-corrected chi connectivity index (χ2v) is 6.08. The third-order valence-corrected chi connectivity index (χ3v) is 3.79. The molecule has 0 aromatic carbocycles. The first-order valence-corrected chi connectivity index (χ1v) is 7.93. The molecule has 1 nitrogen and oxygen atoms in total. The lowest BCUT2D eigenvalue weighted by atomic mass is 9.97. The van der Waals surface area contributed by atoms with Gasteiger partial charge in [-0.3, -0.25) is 0 Å². The highest BCUT2D eigenvalue weighted by Crippen LogP contribution is 2.53. The Bertz CT molecular complexity index is 475. The summed E-state index contributed by atoms with van der Waals surface area (Å²) in [5.74, 6) is -26.1. The Kier molecular flexibility index (Phi) is 8.31. The lowest BCUT2D eigenvalue weighted by molar-refractivity contribution is -0.398. The number of alkyl halides is 14. The Morgan fingerprint density at radius 1 is 0.517 bits per heavy atom. The monoisotopic (exact) mass is 466 g/mol. The Hall–Kier alpha value is -1.02. The molecule has 2 atom stereocenters. The van der Waals surface area contributed by atoms with Gasteiger partial charge in [0.15, 0.2) is 0 Å². The molecule has 0 aliphatic carbocycles. The molecule has 15 heteroatoms. The topological polar surface area (TPSA) is 9.23 Å². The minimum atomic E-state index is -6.88. The number of hydrogen-bond donors (Lipinski definition) is 0. The van der Waals surface area contributed by atoms with Crippen molar-refractivity contribution >= 4 is 0 Å². The van der Waals surface area contributed by atoms with E-state index in [2.05, 4.69) is 4.74 Å². The van der Waals surface area contributed by atoms with Crippen molar-refractivity contribution in [2.45, 2.75) is 87.8 Å². The molecule has 0 saturated carbocycles. The van der Waals surface area contributed by atoms with Crippen molar-refractivity contribution in [2.24, 2.45) is 0 Å². The van der Waals surface area contributed by atoms with E-state index in [-0.39, 0.29) is 0 Å². The van der Waals surface area contributed by atoms with Gasteiger partial charge in [-0.1, -0.05) is 26.7 Å². The zero-order valence-corrected chi connectivity index (χ0v) is 14.7. The van der Waals surface area contributed by atoms with Crippen LogP contribution in [0.25, 0.3) is 0 Å². The van der Waals surface area contributed by atoms with Crippen LogP contribution in [-0.4, -0.2) is 48.3 Å². The molecule has 0 aliphatic rings. The first-order valence-electron chi connectivity index (χ1n) is 7.93. The quantitative estimate of drug-likeness (QED) is 0.315. The van der Waals surface area contributed by atoms with Gasteiger partial charge in [0, 0.05) is 0 Å². The fourth-order valence-electron chi connectivity index (χ4n) is 2.17. The summed E-state index contributed by atoms with van der Waals surface area (Å²) in [6.45, 7) is 1.85. The third kappa shape index (κ3) is 5.19. The molecule has 0 rings (SSSR count). The van der Waals surface area contributed by atoms with E-state index in [0.29, 0.717) is 0 Å². The van der Waals surface area contributed by atoms with Crippen molar-refractivity contribution in [3.05, 3.63) is 0 Å². The average Bonchev–Trinajstić information content (AvgIpc) is 2.50. The van der Waals surface area contributed by atoms with E-state index in [1.165, 1.54) is 0 Å². The van der Waals surface area contributed by atoms with E-state index >= 15 is 0 Å². The van der Waals surface area contributed by atoms with Gasteiger partial charge in [-0.15, -0.1) is 0 Å². The summed E-state index contributed by atoms with van der Waals surface area (Å²) in [7, 11) is 0. The van der Waals surface area contributed by atoms with Gasteiger partial charge in [0.05, 0.1) is 0 Å². The summed E-state index contributed by atoms with van der Waals surface area (Å²) in [4.78, 5) is 0. The SMILES string of the molecule is CCCC(OC(CCC)C(F)(F)C(F)(F)C(F)(F)F)C(F)(F)C(F)(F)C(F)(F)F. The first kappa shape index (κ1) is 28.0. The van der Waals surface area contributed by atoms with Crippen LogP contribution < -0.4 is 0 Å². The molecule has 29 heavy (non-hydrogen) atoms. The van der Waals surface area contributed by atoms with Crippen LogP contribution in [0.3, 0.4) is 0 Å². The molecule has 0 fully saturated rings. The highest BCUT2D eigenvalue weighted by molar-refractivity contribution is 5.00. The summed E-state index contributed by atoms with van der Waals surface area (Å²) in [5, 5.41) is 0. The molecule has 0 amide bonds. The molecule has 0 N–H and O–H groups in total. The largest absolute Gasteiger partial charge is 0.459 e. The van der Waals surface area contributed by atoms with E-state index in [0.717, 1.165) is 13.8 Å². The molecule has 0 heterocycles. The molecular formula is C14H16F14O. The Balaban J connectivity index is 6.22. The highest BCUT2D eigenvalue weighted by Gasteiger charge is 2.78. The maximum absolute atomic E-state index is 13.8. The van der Waals surface area contributed by atoms with Crippen molar-refractivity contribution < 1.29 is 66.2 Å². The van der Waals surface area contributed by atoms with Gasteiger partial charge in [-0.05, 0) is 12.8 Å². The summed E-state index contributed by atoms with van der Waals surface area (Å²) in [6.07, 6.45) is -25.5. The number of hydrogen-bond acceptors (Lipinski definition) is 1. The fraction of sp³-hybridized carbons (Fsp3) is 1.00. The van der Waals surface area contributed by atoms with Crippen molar-refractivity contribution in [1.29, 1.82) is 0 Å². The van der Waals surface area contributed by atoms with Crippen LogP contribution in [0.2, 0.25) is 0 Å². The Morgan fingerprint density at radius 2 is 0.759 bits per heavy atom. The van der Waals surface area contributed by atoms with Crippen LogP contribution >= 0.6 is 0 Å². The standard InChI is InChI=1S/C14H16F14O/c1-3-5-7(9(15,16)11(19,20)13(23,24)25)29-8(6-4-2)10(17,18)12(21,22)14(26,27)28/h7-8H,3-6H2,1-2H3. The van der Waals surface area contributed by atoms with E-state index in [9.17, 15) is 61.5 Å². The molecule has 2 unspecified atom stereocenters. The summed E-state index contributed by atoms with van der Waals surface area (Å²) < 4.78 is 185. The minimum Gasteiger partial charge on any atom is -0.362 e. The zero-order chi connectivity index (χ0) is 23.7. The maximum atomic E-state index is 13.8. The number of rotatable bonds is 10.